The van der Waals surface area contributed by atoms with E-state index in [-0.39, 0.29) is 11.5 Å². The predicted octanol–water partition coefficient (Wildman–Crippen LogP) is 3.55. The first-order valence-electron chi connectivity index (χ1n) is 9.59. The lowest BCUT2D eigenvalue weighted by molar-refractivity contribution is -0.131. The minimum Gasteiger partial charge on any atom is -0.375 e. The van der Waals surface area contributed by atoms with E-state index in [1.807, 2.05) is 22.6 Å². The third-order valence-electron chi connectivity index (χ3n) is 5.71. The van der Waals surface area contributed by atoms with Crippen LogP contribution in [0.2, 0.25) is 0 Å². The van der Waals surface area contributed by atoms with Crippen LogP contribution in [0, 0.1) is 13.8 Å². The second kappa shape index (κ2) is 6.88. The number of benzene rings is 1. The largest absolute Gasteiger partial charge is 0.375 e. The van der Waals surface area contributed by atoms with E-state index in [1.54, 1.807) is 0 Å². The van der Waals surface area contributed by atoms with E-state index in [0.717, 1.165) is 61.5 Å². The molecule has 0 bridgehead atoms. The Hall–Kier alpha value is -2.14. The minimum atomic E-state index is -0.0457. The van der Waals surface area contributed by atoms with Gasteiger partial charge in [0.25, 0.3) is 0 Å². The third kappa shape index (κ3) is 3.40. The molecule has 2 saturated heterocycles. The van der Waals surface area contributed by atoms with E-state index in [0.29, 0.717) is 13.0 Å². The lowest BCUT2D eigenvalue weighted by atomic mass is 9.92. The summed E-state index contributed by atoms with van der Waals surface area (Å²) in [5.74, 6) is 0.244. The molecule has 0 saturated carbocycles. The summed E-state index contributed by atoms with van der Waals surface area (Å²) in [5, 5.41) is 4.57. The number of likely N-dealkylation sites (tertiary alicyclic amines) is 1. The maximum absolute atomic E-state index is 12.6. The predicted molar refractivity (Wildman–Crippen MR) is 100 cm³/mol. The number of aryl methyl sites for hydroxylation is 2. The Morgan fingerprint density at radius 2 is 2.08 bits per heavy atom. The molecule has 5 nitrogen and oxygen atoms in total. The zero-order chi connectivity index (χ0) is 18.1. The second-order valence-electron chi connectivity index (χ2n) is 7.71. The molecule has 1 unspecified atom stereocenters. The zero-order valence-electron chi connectivity index (χ0n) is 15.7. The van der Waals surface area contributed by atoms with E-state index >= 15 is 0 Å². The third-order valence-corrected chi connectivity index (χ3v) is 5.71. The van der Waals surface area contributed by atoms with Crippen molar-refractivity contribution in [1.82, 2.24) is 14.7 Å². The quantitative estimate of drug-likeness (QED) is 0.848. The summed E-state index contributed by atoms with van der Waals surface area (Å²) in [6, 6.07) is 10.4. The molecule has 1 spiro atoms. The summed E-state index contributed by atoms with van der Waals surface area (Å²) < 4.78 is 7.97. The van der Waals surface area contributed by atoms with Crippen molar-refractivity contribution in [1.29, 1.82) is 0 Å². The smallest absolute Gasteiger partial charge is 0.222 e. The van der Waals surface area contributed by atoms with Crippen LogP contribution in [0.15, 0.2) is 30.3 Å². The van der Waals surface area contributed by atoms with Gasteiger partial charge in [-0.1, -0.05) is 12.1 Å². The van der Waals surface area contributed by atoms with Crippen LogP contribution in [0.3, 0.4) is 0 Å². The Bertz CT molecular complexity index is 805. The van der Waals surface area contributed by atoms with Crippen LogP contribution in [-0.4, -0.2) is 39.3 Å². The van der Waals surface area contributed by atoms with Crippen LogP contribution in [0.4, 0.5) is 0 Å². The summed E-state index contributed by atoms with van der Waals surface area (Å²) >= 11 is 0. The molecule has 1 amide bonds. The molecule has 138 valence electrons. The van der Waals surface area contributed by atoms with Crippen molar-refractivity contribution in [3.05, 3.63) is 47.3 Å². The van der Waals surface area contributed by atoms with Gasteiger partial charge in [0, 0.05) is 31.8 Å². The van der Waals surface area contributed by atoms with Crippen molar-refractivity contribution in [3.63, 3.8) is 0 Å². The summed E-state index contributed by atoms with van der Waals surface area (Å²) in [6.45, 7) is 6.35. The van der Waals surface area contributed by atoms with Gasteiger partial charge in [-0.15, -0.1) is 0 Å². The van der Waals surface area contributed by atoms with Crippen molar-refractivity contribution in [2.45, 2.75) is 58.1 Å². The van der Waals surface area contributed by atoms with Crippen LogP contribution >= 0.6 is 0 Å². The molecular weight excluding hydrogens is 326 g/mol. The molecule has 2 aromatic rings. The Kier molecular flexibility index (Phi) is 4.57. The minimum absolute atomic E-state index is 0.0457. The van der Waals surface area contributed by atoms with E-state index in [4.69, 9.17) is 4.74 Å². The van der Waals surface area contributed by atoms with Gasteiger partial charge < -0.3 is 9.64 Å². The Labute approximate surface area is 154 Å². The Balaban J connectivity index is 1.51. The Morgan fingerprint density at radius 1 is 1.19 bits per heavy atom. The van der Waals surface area contributed by atoms with E-state index in [2.05, 4.69) is 36.3 Å². The SMILES string of the molecule is Cc1cc(C)n(-c2cccc(CN3CCC4(CCCO4)CCC3=O)c2)n1. The Morgan fingerprint density at radius 3 is 2.81 bits per heavy atom. The van der Waals surface area contributed by atoms with Crippen LogP contribution in [0.5, 0.6) is 0 Å². The van der Waals surface area contributed by atoms with Gasteiger partial charge in [0.2, 0.25) is 5.91 Å². The van der Waals surface area contributed by atoms with Gasteiger partial charge >= 0.3 is 0 Å². The van der Waals surface area contributed by atoms with Gasteiger partial charge in [-0.05, 0) is 63.3 Å². The fourth-order valence-electron chi connectivity index (χ4n) is 4.30. The molecule has 2 aliphatic rings. The number of nitrogens with zero attached hydrogens (tertiary/aromatic N) is 3. The maximum atomic E-state index is 12.6. The van der Waals surface area contributed by atoms with Crippen molar-refractivity contribution in [2.75, 3.05) is 13.2 Å². The van der Waals surface area contributed by atoms with Gasteiger partial charge in [0.05, 0.1) is 17.0 Å². The molecule has 3 heterocycles. The number of hydrogen-bond donors (Lipinski definition) is 0. The standard InChI is InChI=1S/C21H27N3O2/c1-16-13-17(2)24(22-16)19-6-3-5-18(14-19)15-23-11-10-21(8-4-12-26-21)9-7-20(23)25/h3,5-6,13-14H,4,7-12,15H2,1-2H3. The molecular formula is C21H27N3O2. The van der Waals surface area contributed by atoms with Crippen molar-refractivity contribution in [2.24, 2.45) is 0 Å². The van der Waals surface area contributed by atoms with Crippen LogP contribution in [0.1, 0.15) is 49.1 Å². The first kappa shape index (κ1) is 17.3. The first-order chi connectivity index (χ1) is 12.5. The average molecular weight is 353 g/mol. The summed E-state index contributed by atoms with van der Waals surface area (Å²) in [4.78, 5) is 14.6. The normalized spacial score (nSPS) is 23.6. The monoisotopic (exact) mass is 353 g/mol. The molecule has 26 heavy (non-hydrogen) atoms. The fraction of sp³-hybridized carbons (Fsp3) is 0.524. The number of carbonyl (C=O) groups is 1. The van der Waals surface area contributed by atoms with Crippen molar-refractivity contribution < 1.29 is 9.53 Å². The molecule has 0 aliphatic carbocycles. The van der Waals surface area contributed by atoms with Crippen molar-refractivity contribution >= 4 is 5.91 Å². The lowest BCUT2D eigenvalue weighted by Gasteiger charge is -2.26. The highest BCUT2D eigenvalue weighted by Crippen LogP contribution is 2.36. The van der Waals surface area contributed by atoms with Gasteiger partial charge in [-0.2, -0.15) is 5.10 Å². The van der Waals surface area contributed by atoms with E-state index < -0.39 is 0 Å². The maximum Gasteiger partial charge on any atom is 0.222 e. The number of rotatable bonds is 3. The molecule has 5 heteroatoms. The molecule has 1 aromatic carbocycles. The van der Waals surface area contributed by atoms with Gasteiger partial charge in [-0.3, -0.25) is 4.79 Å². The molecule has 1 aromatic heterocycles. The lowest BCUT2D eigenvalue weighted by Crippen LogP contribution is -2.32. The zero-order valence-corrected chi connectivity index (χ0v) is 15.7. The number of ether oxygens (including phenoxy) is 1. The summed E-state index contributed by atoms with van der Waals surface area (Å²) in [6.07, 6.45) is 4.64. The van der Waals surface area contributed by atoms with Gasteiger partial charge in [-0.25, -0.2) is 4.68 Å². The number of carbonyl (C=O) groups excluding carboxylic acids is 1. The molecule has 0 radical (unpaired) electrons. The molecule has 2 aliphatic heterocycles. The topological polar surface area (TPSA) is 47.4 Å². The van der Waals surface area contributed by atoms with E-state index in [9.17, 15) is 4.79 Å². The number of aromatic nitrogens is 2. The van der Waals surface area contributed by atoms with Gasteiger partial charge in [0.1, 0.15) is 0 Å². The number of amides is 1. The molecule has 1 atom stereocenters. The van der Waals surface area contributed by atoms with Crippen LogP contribution in [-0.2, 0) is 16.1 Å². The highest BCUT2D eigenvalue weighted by atomic mass is 16.5. The summed E-state index contributed by atoms with van der Waals surface area (Å²) in [7, 11) is 0. The molecule has 4 rings (SSSR count). The van der Waals surface area contributed by atoms with Gasteiger partial charge in [0.15, 0.2) is 0 Å². The average Bonchev–Trinajstić information content (AvgIpc) is 3.19. The fourth-order valence-corrected chi connectivity index (χ4v) is 4.30. The van der Waals surface area contributed by atoms with E-state index in [1.165, 1.54) is 0 Å². The van der Waals surface area contributed by atoms with Crippen LogP contribution in [0.25, 0.3) is 5.69 Å². The second-order valence-corrected chi connectivity index (χ2v) is 7.71. The van der Waals surface area contributed by atoms with Crippen molar-refractivity contribution in [3.8, 4) is 5.69 Å². The highest BCUT2D eigenvalue weighted by molar-refractivity contribution is 5.76. The molecule has 0 N–H and O–H groups in total. The highest BCUT2D eigenvalue weighted by Gasteiger charge is 2.38. The molecule has 2 fully saturated rings. The number of hydrogen-bond acceptors (Lipinski definition) is 3. The van der Waals surface area contributed by atoms with Crippen LogP contribution < -0.4 is 0 Å². The summed E-state index contributed by atoms with van der Waals surface area (Å²) in [5.41, 5.74) is 4.27. The first-order valence-corrected chi connectivity index (χ1v) is 9.59.